The lowest BCUT2D eigenvalue weighted by atomic mass is 9.84. The molecular formula is C18H28N2O. The van der Waals surface area contributed by atoms with Crippen molar-refractivity contribution in [1.82, 2.24) is 10.2 Å². The highest BCUT2D eigenvalue weighted by molar-refractivity contribution is 5.38. The summed E-state index contributed by atoms with van der Waals surface area (Å²) in [6, 6.07) is 9.32. The van der Waals surface area contributed by atoms with Gasteiger partial charge in [-0.15, -0.1) is 0 Å². The van der Waals surface area contributed by atoms with Crippen LogP contribution >= 0.6 is 0 Å². The van der Waals surface area contributed by atoms with Crippen molar-refractivity contribution in [3.05, 3.63) is 29.8 Å². The number of rotatable bonds is 6. The fourth-order valence-electron chi connectivity index (χ4n) is 3.49. The Morgan fingerprint density at radius 1 is 1.29 bits per heavy atom. The third-order valence-corrected chi connectivity index (χ3v) is 5.00. The Kier molecular flexibility index (Phi) is 4.81. The van der Waals surface area contributed by atoms with E-state index in [1.54, 1.807) is 0 Å². The maximum atomic E-state index is 6.02. The van der Waals surface area contributed by atoms with E-state index in [4.69, 9.17) is 4.74 Å². The molecule has 3 heteroatoms. The van der Waals surface area contributed by atoms with Gasteiger partial charge in [0.05, 0.1) is 12.1 Å². The van der Waals surface area contributed by atoms with E-state index >= 15 is 0 Å². The van der Waals surface area contributed by atoms with Crippen LogP contribution in [-0.4, -0.2) is 37.7 Å². The Morgan fingerprint density at radius 3 is 2.81 bits per heavy atom. The first kappa shape index (κ1) is 14.9. The van der Waals surface area contributed by atoms with E-state index in [1.807, 2.05) is 0 Å². The van der Waals surface area contributed by atoms with Crippen LogP contribution in [0.3, 0.4) is 0 Å². The molecule has 0 aromatic heterocycles. The van der Waals surface area contributed by atoms with Crippen molar-refractivity contribution in [3.63, 3.8) is 0 Å². The molecule has 1 aliphatic carbocycles. The second-order valence-electron chi connectivity index (χ2n) is 6.58. The van der Waals surface area contributed by atoms with Crippen LogP contribution in [0.1, 0.15) is 44.2 Å². The smallest absolute Gasteiger partial charge is 0.124 e. The number of hydrogen-bond acceptors (Lipinski definition) is 3. The number of likely N-dealkylation sites (N-methyl/N-ethyl adjacent to an activating group) is 1. The fourth-order valence-corrected chi connectivity index (χ4v) is 3.49. The minimum absolute atomic E-state index is 0.389. The SMILES string of the molecule is CCCNC1c2ccccc2OCC1N(C)CC1CCC1. The quantitative estimate of drug-likeness (QED) is 0.870. The summed E-state index contributed by atoms with van der Waals surface area (Å²) >= 11 is 0. The van der Waals surface area contributed by atoms with Gasteiger partial charge in [-0.25, -0.2) is 0 Å². The van der Waals surface area contributed by atoms with Gasteiger partial charge in [0.25, 0.3) is 0 Å². The second kappa shape index (κ2) is 6.80. The van der Waals surface area contributed by atoms with Crippen molar-refractivity contribution in [2.24, 2.45) is 5.92 Å². The third-order valence-electron chi connectivity index (χ3n) is 5.00. The molecule has 1 aromatic carbocycles. The van der Waals surface area contributed by atoms with Gasteiger partial charge in [0.15, 0.2) is 0 Å². The summed E-state index contributed by atoms with van der Waals surface area (Å²) in [5.74, 6) is 1.96. The van der Waals surface area contributed by atoms with Crippen LogP contribution in [0.15, 0.2) is 24.3 Å². The lowest BCUT2D eigenvalue weighted by molar-refractivity contribution is 0.0800. The molecule has 3 nitrogen and oxygen atoms in total. The number of benzene rings is 1. The number of para-hydroxylation sites is 1. The summed E-state index contributed by atoms with van der Waals surface area (Å²) in [4.78, 5) is 2.52. The van der Waals surface area contributed by atoms with Crippen LogP contribution < -0.4 is 10.1 Å². The Hall–Kier alpha value is -1.06. The van der Waals surface area contributed by atoms with Crippen LogP contribution in [0.25, 0.3) is 0 Å². The molecule has 0 saturated heterocycles. The molecule has 1 heterocycles. The number of ether oxygens (including phenoxy) is 1. The molecule has 1 aliphatic heterocycles. The van der Waals surface area contributed by atoms with E-state index in [2.05, 4.69) is 48.5 Å². The van der Waals surface area contributed by atoms with Gasteiger partial charge in [-0.05, 0) is 44.8 Å². The van der Waals surface area contributed by atoms with Gasteiger partial charge in [-0.2, -0.15) is 0 Å². The summed E-state index contributed by atoms with van der Waals surface area (Å²) in [7, 11) is 2.26. The van der Waals surface area contributed by atoms with Gasteiger partial charge >= 0.3 is 0 Å². The van der Waals surface area contributed by atoms with Gasteiger partial charge in [0.2, 0.25) is 0 Å². The molecule has 0 radical (unpaired) electrons. The van der Waals surface area contributed by atoms with E-state index in [9.17, 15) is 0 Å². The molecule has 116 valence electrons. The number of nitrogens with one attached hydrogen (secondary N) is 1. The van der Waals surface area contributed by atoms with Gasteiger partial charge < -0.3 is 10.1 Å². The minimum atomic E-state index is 0.389. The summed E-state index contributed by atoms with van der Waals surface area (Å²) in [6.45, 7) is 5.29. The summed E-state index contributed by atoms with van der Waals surface area (Å²) < 4.78 is 6.02. The Labute approximate surface area is 128 Å². The number of hydrogen-bond donors (Lipinski definition) is 1. The summed E-state index contributed by atoms with van der Waals surface area (Å²) in [5, 5.41) is 3.75. The van der Waals surface area contributed by atoms with Gasteiger partial charge in [-0.3, -0.25) is 4.90 Å². The summed E-state index contributed by atoms with van der Waals surface area (Å²) in [6.07, 6.45) is 5.39. The monoisotopic (exact) mass is 288 g/mol. The third kappa shape index (κ3) is 3.24. The van der Waals surface area contributed by atoms with E-state index < -0.39 is 0 Å². The molecule has 1 saturated carbocycles. The van der Waals surface area contributed by atoms with Gasteiger partial charge in [0.1, 0.15) is 12.4 Å². The fraction of sp³-hybridized carbons (Fsp3) is 0.667. The highest BCUT2D eigenvalue weighted by Crippen LogP contribution is 2.35. The molecule has 2 aliphatic rings. The van der Waals surface area contributed by atoms with Crippen LogP contribution in [0.2, 0.25) is 0 Å². The van der Waals surface area contributed by atoms with E-state index in [1.165, 1.54) is 37.8 Å². The van der Waals surface area contributed by atoms with Crippen molar-refractivity contribution in [2.75, 3.05) is 26.7 Å². The predicted molar refractivity (Wildman–Crippen MR) is 86.7 cm³/mol. The topological polar surface area (TPSA) is 24.5 Å². The van der Waals surface area contributed by atoms with Crippen molar-refractivity contribution in [2.45, 2.75) is 44.7 Å². The zero-order chi connectivity index (χ0) is 14.7. The van der Waals surface area contributed by atoms with Crippen molar-refractivity contribution >= 4 is 0 Å². The molecule has 0 bridgehead atoms. The highest BCUT2D eigenvalue weighted by atomic mass is 16.5. The van der Waals surface area contributed by atoms with Crippen molar-refractivity contribution in [1.29, 1.82) is 0 Å². The molecule has 1 N–H and O–H groups in total. The molecule has 1 aromatic rings. The zero-order valence-corrected chi connectivity index (χ0v) is 13.3. The largest absolute Gasteiger partial charge is 0.492 e. The average molecular weight is 288 g/mol. The first-order valence-electron chi connectivity index (χ1n) is 8.45. The maximum absolute atomic E-state index is 6.02. The molecule has 0 spiro atoms. The van der Waals surface area contributed by atoms with Crippen molar-refractivity contribution in [3.8, 4) is 5.75 Å². The standard InChI is InChI=1S/C18H28N2O/c1-3-11-19-18-15-9-4-5-10-17(15)21-13-16(18)20(2)12-14-7-6-8-14/h4-5,9-10,14,16,18-19H,3,6-8,11-13H2,1-2H3. The van der Waals surface area contributed by atoms with Crippen LogP contribution in [-0.2, 0) is 0 Å². The molecule has 21 heavy (non-hydrogen) atoms. The van der Waals surface area contributed by atoms with E-state index in [0.717, 1.165) is 24.8 Å². The lowest BCUT2D eigenvalue weighted by Gasteiger charge is -2.41. The van der Waals surface area contributed by atoms with Gasteiger partial charge in [-0.1, -0.05) is 31.5 Å². The van der Waals surface area contributed by atoms with Crippen molar-refractivity contribution < 1.29 is 4.74 Å². The van der Waals surface area contributed by atoms with E-state index in [0.29, 0.717) is 12.1 Å². The number of nitrogens with zero attached hydrogens (tertiary/aromatic N) is 1. The number of fused-ring (bicyclic) bond motifs is 1. The Morgan fingerprint density at radius 2 is 2.10 bits per heavy atom. The van der Waals surface area contributed by atoms with Crippen LogP contribution in [0, 0.1) is 5.92 Å². The Balaban J connectivity index is 1.75. The van der Waals surface area contributed by atoms with Crippen LogP contribution in [0.5, 0.6) is 5.75 Å². The maximum Gasteiger partial charge on any atom is 0.124 e. The van der Waals surface area contributed by atoms with E-state index in [-0.39, 0.29) is 0 Å². The van der Waals surface area contributed by atoms with Crippen LogP contribution in [0.4, 0.5) is 0 Å². The first-order valence-corrected chi connectivity index (χ1v) is 8.45. The van der Waals surface area contributed by atoms with Gasteiger partial charge in [0, 0.05) is 12.1 Å². The summed E-state index contributed by atoms with van der Waals surface area (Å²) in [5.41, 5.74) is 1.32. The normalized spacial score (nSPS) is 25.3. The average Bonchev–Trinajstić information content (AvgIpc) is 2.48. The predicted octanol–water partition coefficient (Wildman–Crippen LogP) is 3.22. The molecule has 0 amide bonds. The second-order valence-corrected chi connectivity index (χ2v) is 6.58. The zero-order valence-electron chi connectivity index (χ0n) is 13.3. The molecule has 2 atom stereocenters. The molecular weight excluding hydrogens is 260 g/mol. The molecule has 1 fully saturated rings. The first-order chi connectivity index (χ1) is 10.3. The molecule has 3 rings (SSSR count). The minimum Gasteiger partial charge on any atom is -0.492 e. The highest BCUT2D eigenvalue weighted by Gasteiger charge is 2.34. The lowest BCUT2D eigenvalue weighted by Crippen LogP contribution is -2.50. The molecule has 2 unspecified atom stereocenters. The Bertz CT molecular complexity index is 458.